The van der Waals surface area contributed by atoms with Gasteiger partial charge in [-0.2, -0.15) is 0 Å². The fourth-order valence-electron chi connectivity index (χ4n) is 4.30. The molecule has 1 amide bonds. The van der Waals surface area contributed by atoms with Crippen LogP contribution in [0.5, 0.6) is 5.75 Å². The number of hydrogen-bond donors (Lipinski definition) is 2. The van der Waals surface area contributed by atoms with Gasteiger partial charge in [0, 0.05) is 41.1 Å². The number of nitrogens with zero attached hydrogens (tertiary/aromatic N) is 1. The van der Waals surface area contributed by atoms with Crippen molar-refractivity contribution in [1.82, 2.24) is 5.32 Å². The van der Waals surface area contributed by atoms with E-state index in [2.05, 4.69) is 27.8 Å². The molecule has 2 N–H and O–H groups in total. The second-order valence-electron chi connectivity index (χ2n) is 8.97. The molecule has 1 heterocycles. The van der Waals surface area contributed by atoms with Gasteiger partial charge in [0.2, 0.25) is 5.90 Å². The maximum atomic E-state index is 13.8. The molecule has 0 aromatic heterocycles. The molecule has 1 aliphatic rings. The van der Waals surface area contributed by atoms with Crippen molar-refractivity contribution >= 4 is 39.3 Å². The summed E-state index contributed by atoms with van der Waals surface area (Å²) in [6, 6.07) is 22.7. The zero-order valence-electron chi connectivity index (χ0n) is 20.9. The first-order chi connectivity index (χ1) is 18.4. The molecule has 6 nitrogen and oxygen atoms in total. The number of benzene rings is 3. The van der Waals surface area contributed by atoms with E-state index in [9.17, 15) is 4.79 Å². The van der Waals surface area contributed by atoms with Gasteiger partial charge in [0.15, 0.2) is 11.6 Å². The average Bonchev–Trinajstić information content (AvgIpc) is 3.31. The van der Waals surface area contributed by atoms with Gasteiger partial charge in [-0.05, 0) is 66.1 Å². The van der Waals surface area contributed by atoms with Crippen LogP contribution in [0.4, 0.5) is 0 Å². The van der Waals surface area contributed by atoms with E-state index in [0.29, 0.717) is 49.1 Å². The number of aliphatic imine (C=N–C) groups is 1. The lowest BCUT2D eigenvalue weighted by atomic mass is 9.84. The Morgan fingerprint density at radius 3 is 2.50 bits per heavy atom. The van der Waals surface area contributed by atoms with Crippen molar-refractivity contribution < 1.29 is 19.4 Å². The fraction of sp³-hybridized carbons (Fsp3) is 0.267. The summed E-state index contributed by atoms with van der Waals surface area (Å²) in [5.74, 6) is 0.843. The van der Waals surface area contributed by atoms with E-state index in [1.54, 1.807) is 6.08 Å². The Morgan fingerprint density at radius 2 is 1.84 bits per heavy atom. The standard InChI is InChI=1S/C30H30BrClN2O4/c1-2-17-30(29(36)33-18-16-21-4-12-25(32)13-5-21)27(22-6-10-24(31)11-7-22)38-28(34-30)23-8-14-26(15-9-23)37-20-3-19-35/h2,4-15,27,35H,1,3,16-20H2,(H,33,36)/t27-,30-/m1/s1. The minimum atomic E-state index is -1.22. The molecule has 1 aliphatic heterocycles. The summed E-state index contributed by atoms with van der Waals surface area (Å²) in [6.45, 7) is 4.86. The number of aliphatic hydroxyl groups excluding tert-OH is 1. The number of halogens is 2. The van der Waals surface area contributed by atoms with Crippen LogP contribution in [-0.4, -0.2) is 42.2 Å². The minimum absolute atomic E-state index is 0.0767. The zero-order chi connectivity index (χ0) is 27.0. The molecule has 0 unspecified atom stereocenters. The van der Waals surface area contributed by atoms with Crippen molar-refractivity contribution in [3.05, 3.63) is 112 Å². The first-order valence-corrected chi connectivity index (χ1v) is 13.6. The van der Waals surface area contributed by atoms with E-state index in [1.165, 1.54) is 0 Å². The quantitative estimate of drug-likeness (QED) is 0.197. The normalized spacial score (nSPS) is 18.4. The van der Waals surface area contributed by atoms with E-state index >= 15 is 0 Å². The monoisotopic (exact) mass is 596 g/mol. The molecular formula is C30H30BrClN2O4. The second-order valence-corrected chi connectivity index (χ2v) is 10.3. The number of ether oxygens (including phenoxy) is 2. The highest BCUT2D eigenvalue weighted by molar-refractivity contribution is 9.10. The summed E-state index contributed by atoms with van der Waals surface area (Å²) in [6.07, 6.45) is 2.58. The van der Waals surface area contributed by atoms with Crippen molar-refractivity contribution in [2.75, 3.05) is 19.8 Å². The van der Waals surface area contributed by atoms with Gasteiger partial charge in [-0.25, -0.2) is 4.99 Å². The smallest absolute Gasteiger partial charge is 0.252 e. The molecule has 0 aliphatic carbocycles. The molecule has 2 atom stereocenters. The molecule has 3 aromatic rings. The number of carbonyl (C=O) groups is 1. The summed E-state index contributed by atoms with van der Waals surface area (Å²) in [4.78, 5) is 18.7. The van der Waals surface area contributed by atoms with Crippen LogP contribution in [0.1, 0.15) is 35.6 Å². The van der Waals surface area contributed by atoms with E-state index in [1.807, 2.05) is 72.8 Å². The van der Waals surface area contributed by atoms with Crippen LogP contribution < -0.4 is 10.1 Å². The summed E-state index contributed by atoms with van der Waals surface area (Å²) < 4.78 is 13.0. The van der Waals surface area contributed by atoms with Gasteiger partial charge >= 0.3 is 0 Å². The van der Waals surface area contributed by atoms with Crippen LogP contribution >= 0.6 is 27.5 Å². The third-order valence-corrected chi connectivity index (χ3v) is 7.05. The molecule has 0 saturated carbocycles. The molecule has 38 heavy (non-hydrogen) atoms. The number of carbonyl (C=O) groups excluding carboxylic acids is 1. The van der Waals surface area contributed by atoms with Gasteiger partial charge in [-0.15, -0.1) is 6.58 Å². The third kappa shape index (κ3) is 6.65. The Labute approximate surface area is 236 Å². The van der Waals surface area contributed by atoms with Crippen LogP contribution in [-0.2, 0) is 16.0 Å². The van der Waals surface area contributed by atoms with Crippen molar-refractivity contribution in [3.8, 4) is 5.75 Å². The van der Waals surface area contributed by atoms with Gasteiger partial charge in [-0.1, -0.05) is 57.9 Å². The molecule has 3 aromatic carbocycles. The third-order valence-electron chi connectivity index (χ3n) is 6.27. The summed E-state index contributed by atoms with van der Waals surface area (Å²) in [7, 11) is 0. The van der Waals surface area contributed by atoms with Gasteiger partial charge in [0.05, 0.1) is 6.61 Å². The number of aliphatic hydroxyl groups is 1. The van der Waals surface area contributed by atoms with E-state index in [-0.39, 0.29) is 12.5 Å². The largest absolute Gasteiger partial charge is 0.494 e. The lowest BCUT2D eigenvalue weighted by molar-refractivity contribution is -0.128. The molecule has 0 fully saturated rings. The minimum Gasteiger partial charge on any atom is -0.494 e. The maximum Gasteiger partial charge on any atom is 0.252 e. The highest BCUT2D eigenvalue weighted by Crippen LogP contribution is 2.43. The molecule has 198 valence electrons. The van der Waals surface area contributed by atoms with Gasteiger partial charge in [-0.3, -0.25) is 4.79 Å². The predicted octanol–water partition coefficient (Wildman–Crippen LogP) is 6.06. The Bertz CT molecular complexity index is 1260. The topological polar surface area (TPSA) is 80.2 Å². The Balaban J connectivity index is 1.60. The van der Waals surface area contributed by atoms with Gasteiger partial charge < -0.3 is 19.9 Å². The predicted molar refractivity (Wildman–Crippen MR) is 154 cm³/mol. The second kappa shape index (κ2) is 13.1. The SMILES string of the molecule is C=CC[C@@]1(C(=O)NCCc2ccc(Cl)cc2)N=C(c2ccc(OCCCO)cc2)O[C@@H]1c1ccc(Br)cc1. The van der Waals surface area contributed by atoms with Crippen LogP contribution in [0.2, 0.25) is 5.02 Å². The van der Waals surface area contributed by atoms with Gasteiger partial charge in [0.1, 0.15) is 5.75 Å². The summed E-state index contributed by atoms with van der Waals surface area (Å²) in [5.41, 5.74) is 1.43. The van der Waals surface area contributed by atoms with Crippen molar-refractivity contribution in [3.63, 3.8) is 0 Å². The van der Waals surface area contributed by atoms with Crippen molar-refractivity contribution in [2.45, 2.75) is 30.9 Å². The maximum absolute atomic E-state index is 13.8. The first kappa shape index (κ1) is 27.9. The molecule has 0 radical (unpaired) electrons. The Hall–Kier alpha value is -3.13. The summed E-state index contributed by atoms with van der Waals surface area (Å²) >= 11 is 9.48. The molecule has 4 rings (SSSR count). The van der Waals surface area contributed by atoms with Crippen molar-refractivity contribution in [2.24, 2.45) is 4.99 Å². The number of nitrogens with one attached hydrogen (secondary N) is 1. The van der Waals surface area contributed by atoms with Crippen LogP contribution in [0, 0.1) is 0 Å². The van der Waals surface area contributed by atoms with E-state index < -0.39 is 11.6 Å². The highest BCUT2D eigenvalue weighted by atomic mass is 79.9. The van der Waals surface area contributed by atoms with Crippen LogP contribution in [0.15, 0.2) is 94.9 Å². The molecule has 0 spiro atoms. The van der Waals surface area contributed by atoms with Crippen LogP contribution in [0.25, 0.3) is 0 Å². The Kier molecular flexibility index (Phi) is 9.61. The molecule has 8 heteroatoms. The Morgan fingerprint density at radius 1 is 1.13 bits per heavy atom. The lowest BCUT2D eigenvalue weighted by Crippen LogP contribution is -2.48. The highest BCUT2D eigenvalue weighted by Gasteiger charge is 2.52. The lowest BCUT2D eigenvalue weighted by Gasteiger charge is -2.29. The summed E-state index contributed by atoms with van der Waals surface area (Å²) in [5, 5.41) is 12.7. The van der Waals surface area contributed by atoms with Crippen molar-refractivity contribution in [1.29, 1.82) is 0 Å². The number of amides is 1. The molecular weight excluding hydrogens is 568 g/mol. The average molecular weight is 598 g/mol. The fourth-order valence-corrected chi connectivity index (χ4v) is 4.69. The number of hydrogen-bond acceptors (Lipinski definition) is 5. The first-order valence-electron chi connectivity index (χ1n) is 12.4. The zero-order valence-corrected chi connectivity index (χ0v) is 23.2. The van der Waals surface area contributed by atoms with E-state index in [4.69, 9.17) is 31.2 Å². The van der Waals surface area contributed by atoms with Gasteiger partial charge in [0.25, 0.3) is 5.91 Å². The van der Waals surface area contributed by atoms with Crippen LogP contribution in [0.3, 0.4) is 0 Å². The number of rotatable bonds is 12. The molecule has 0 bridgehead atoms. The van der Waals surface area contributed by atoms with E-state index in [0.717, 1.165) is 21.2 Å². The molecule has 0 saturated heterocycles.